The zero-order valence-corrected chi connectivity index (χ0v) is 19.2. The largest absolute Gasteiger partial charge is 0.344 e. The Hall–Kier alpha value is -3.32. The molecule has 0 atom stereocenters. The van der Waals surface area contributed by atoms with Gasteiger partial charge in [0.25, 0.3) is 0 Å². The first-order chi connectivity index (χ1) is 15.7. The van der Waals surface area contributed by atoms with Crippen LogP contribution in [0.1, 0.15) is 19.7 Å². The van der Waals surface area contributed by atoms with Crippen LogP contribution >= 0.6 is 11.3 Å². The Bertz CT molecular complexity index is 1140. The molecule has 1 fully saturated rings. The van der Waals surface area contributed by atoms with Gasteiger partial charge in [-0.2, -0.15) is 8.78 Å². The average molecular weight is 476 g/mol. The van der Waals surface area contributed by atoms with Crippen molar-refractivity contribution in [1.82, 2.24) is 30.0 Å². The normalized spacial score (nSPS) is 14.9. The molecule has 174 valence electrons. The monoisotopic (exact) mass is 475 g/mol. The van der Waals surface area contributed by atoms with E-state index in [9.17, 15) is 13.6 Å². The van der Waals surface area contributed by atoms with Gasteiger partial charge in [-0.05, 0) is 13.1 Å². The van der Waals surface area contributed by atoms with Crippen LogP contribution in [0.5, 0.6) is 0 Å². The number of nitrogens with zero attached hydrogens (tertiary/aromatic N) is 7. The molecule has 10 nitrogen and oxygen atoms in total. The van der Waals surface area contributed by atoms with E-state index in [4.69, 9.17) is 0 Å². The summed E-state index contributed by atoms with van der Waals surface area (Å²) in [6.45, 7) is 5.69. The average Bonchev–Trinajstić information content (AvgIpc) is 3.23. The summed E-state index contributed by atoms with van der Waals surface area (Å²) in [6, 6.07) is 3.08. The summed E-state index contributed by atoms with van der Waals surface area (Å²) in [4.78, 5) is 27.8. The Balaban J connectivity index is 1.67. The van der Waals surface area contributed by atoms with Gasteiger partial charge in [-0.25, -0.2) is 15.0 Å². The van der Waals surface area contributed by atoms with E-state index in [0.717, 1.165) is 38.2 Å². The molecule has 0 spiro atoms. The number of hydrogen-bond donors (Lipinski definition) is 2. The molecule has 13 heteroatoms. The second kappa shape index (κ2) is 9.27. The maximum Gasteiger partial charge on any atom is 0.303 e. The number of amides is 1. The fourth-order valence-corrected chi connectivity index (χ4v) is 4.13. The first-order valence-corrected chi connectivity index (χ1v) is 11.0. The fraction of sp³-hybridized carbons (Fsp3) is 0.400. The lowest BCUT2D eigenvalue weighted by Crippen LogP contribution is -2.44. The Labute approximate surface area is 193 Å². The van der Waals surface area contributed by atoms with Crippen molar-refractivity contribution < 1.29 is 13.6 Å². The summed E-state index contributed by atoms with van der Waals surface area (Å²) in [6.07, 6.45) is 2.81. The van der Waals surface area contributed by atoms with Crippen molar-refractivity contribution in [2.24, 2.45) is 0 Å². The summed E-state index contributed by atoms with van der Waals surface area (Å²) in [5, 5.41) is 15.7. The van der Waals surface area contributed by atoms with Crippen LogP contribution in [0, 0.1) is 0 Å². The van der Waals surface area contributed by atoms with Crippen molar-refractivity contribution in [2.75, 3.05) is 48.8 Å². The van der Waals surface area contributed by atoms with Crippen molar-refractivity contribution in [3.63, 3.8) is 0 Å². The van der Waals surface area contributed by atoms with Crippen LogP contribution in [0.4, 0.5) is 31.2 Å². The van der Waals surface area contributed by atoms with Crippen LogP contribution in [0.15, 0.2) is 24.5 Å². The van der Waals surface area contributed by atoms with Crippen LogP contribution < -0.4 is 15.5 Å². The van der Waals surface area contributed by atoms with Gasteiger partial charge in [-0.15, -0.1) is 10.2 Å². The Morgan fingerprint density at radius 2 is 1.91 bits per heavy atom. The molecule has 3 aromatic rings. The Morgan fingerprint density at radius 3 is 2.61 bits per heavy atom. The maximum atomic E-state index is 13.7. The molecule has 1 aliphatic rings. The smallest absolute Gasteiger partial charge is 0.303 e. The van der Waals surface area contributed by atoms with Crippen LogP contribution in [-0.2, 0) is 10.7 Å². The number of carbonyl (C=O) groups excluding carboxylic acids is 1. The maximum absolute atomic E-state index is 13.7. The summed E-state index contributed by atoms with van der Waals surface area (Å²) < 4.78 is 27.4. The lowest BCUT2D eigenvalue weighted by Gasteiger charge is -2.31. The van der Waals surface area contributed by atoms with E-state index in [0.29, 0.717) is 22.1 Å². The second-order valence-corrected chi connectivity index (χ2v) is 8.71. The van der Waals surface area contributed by atoms with E-state index >= 15 is 0 Å². The Morgan fingerprint density at radius 1 is 1.15 bits per heavy atom. The minimum atomic E-state index is -3.18. The molecule has 3 aromatic heterocycles. The van der Waals surface area contributed by atoms with Gasteiger partial charge in [0.2, 0.25) is 16.9 Å². The van der Waals surface area contributed by atoms with E-state index in [-0.39, 0.29) is 11.7 Å². The van der Waals surface area contributed by atoms with E-state index in [1.807, 2.05) is 0 Å². The third kappa shape index (κ3) is 5.54. The molecule has 0 saturated carbocycles. The van der Waals surface area contributed by atoms with Crippen molar-refractivity contribution in [2.45, 2.75) is 19.8 Å². The lowest BCUT2D eigenvalue weighted by atomic mass is 10.2. The molecule has 0 aliphatic carbocycles. The quantitative estimate of drug-likeness (QED) is 0.556. The van der Waals surface area contributed by atoms with Crippen LogP contribution in [0.25, 0.3) is 10.6 Å². The van der Waals surface area contributed by atoms with Gasteiger partial charge < -0.3 is 20.4 Å². The van der Waals surface area contributed by atoms with Gasteiger partial charge in [0.05, 0.1) is 11.3 Å². The molecular weight excluding hydrogens is 452 g/mol. The topological polar surface area (TPSA) is 112 Å². The van der Waals surface area contributed by atoms with Crippen molar-refractivity contribution in [3.8, 4) is 10.6 Å². The van der Waals surface area contributed by atoms with E-state index < -0.39 is 11.7 Å². The van der Waals surface area contributed by atoms with E-state index in [2.05, 4.69) is 52.6 Å². The molecule has 0 unspecified atom stereocenters. The number of halogens is 2. The predicted molar refractivity (Wildman–Crippen MR) is 122 cm³/mol. The first kappa shape index (κ1) is 22.9. The number of carbonyl (C=O) groups is 1. The predicted octanol–water partition coefficient (Wildman–Crippen LogP) is 2.96. The van der Waals surface area contributed by atoms with Gasteiger partial charge in [0.15, 0.2) is 5.01 Å². The number of piperazine rings is 1. The molecule has 0 aromatic carbocycles. The molecule has 2 N–H and O–H groups in total. The number of hydrogen-bond acceptors (Lipinski definition) is 10. The number of nitrogens with one attached hydrogen (secondary N) is 2. The highest BCUT2D eigenvalue weighted by Gasteiger charge is 2.28. The van der Waals surface area contributed by atoms with Crippen molar-refractivity contribution in [1.29, 1.82) is 0 Å². The first-order valence-electron chi connectivity index (χ1n) is 10.2. The number of aromatic nitrogens is 5. The molecule has 4 rings (SSSR count). The molecule has 1 aliphatic heterocycles. The van der Waals surface area contributed by atoms with Crippen molar-refractivity contribution >= 4 is 39.7 Å². The minimum Gasteiger partial charge on any atom is -0.344 e. The van der Waals surface area contributed by atoms with Gasteiger partial charge in [0.1, 0.15) is 11.6 Å². The number of alkyl halides is 2. The second-order valence-electron chi connectivity index (χ2n) is 7.76. The molecule has 4 heterocycles. The van der Waals surface area contributed by atoms with E-state index in [1.54, 1.807) is 12.3 Å². The third-order valence-corrected chi connectivity index (χ3v) is 5.95. The van der Waals surface area contributed by atoms with E-state index in [1.165, 1.54) is 30.5 Å². The zero-order valence-electron chi connectivity index (χ0n) is 18.3. The van der Waals surface area contributed by atoms with Crippen molar-refractivity contribution in [3.05, 3.63) is 30.4 Å². The number of pyridine rings is 1. The number of anilines is 4. The Kier molecular flexibility index (Phi) is 6.42. The summed E-state index contributed by atoms with van der Waals surface area (Å²) in [5.74, 6) is -3.60. The highest BCUT2D eigenvalue weighted by atomic mass is 32.1. The summed E-state index contributed by atoms with van der Waals surface area (Å²) >= 11 is 1.41. The molecule has 1 saturated heterocycles. The van der Waals surface area contributed by atoms with Crippen LogP contribution in [0.2, 0.25) is 0 Å². The number of rotatable bonds is 6. The summed E-state index contributed by atoms with van der Waals surface area (Å²) in [5.41, 5.74) is 1.09. The number of likely N-dealkylation sites (N-methyl/N-ethyl adjacent to an activating group) is 1. The molecule has 1 amide bonds. The fourth-order valence-electron chi connectivity index (χ4n) is 3.21. The highest BCUT2D eigenvalue weighted by molar-refractivity contribution is 7.18. The summed E-state index contributed by atoms with van der Waals surface area (Å²) in [7, 11) is 2.08. The van der Waals surface area contributed by atoms with Gasteiger partial charge in [-0.3, -0.25) is 4.79 Å². The van der Waals surface area contributed by atoms with Gasteiger partial charge in [0, 0.05) is 58.5 Å². The van der Waals surface area contributed by atoms with Crippen LogP contribution in [0.3, 0.4) is 0 Å². The van der Waals surface area contributed by atoms with Crippen LogP contribution in [-0.4, -0.2) is 69.2 Å². The lowest BCUT2D eigenvalue weighted by molar-refractivity contribution is -0.114. The molecule has 0 bridgehead atoms. The zero-order chi connectivity index (χ0) is 23.6. The highest BCUT2D eigenvalue weighted by Crippen LogP contribution is 2.36. The third-order valence-electron chi connectivity index (χ3n) is 4.94. The molecular formula is C20H23F2N9OS. The van der Waals surface area contributed by atoms with Gasteiger partial charge in [-0.1, -0.05) is 11.3 Å². The molecule has 0 radical (unpaired) electrons. The van der Waals surface area contributed by atoms with Gasteiger partial charge >= 0.3 is 5.92 Å². The standard InChI is InChI=1S/C20H23F2N9OS/c1-12(32)25-16-10-14(26-15-4-5-23-18(27-15)20(2,21)22)13(11-24-16)17-28-29-19(33-17)31-8-6-30(3)7-9-31/h4-5,10-11H,6-9H2,1-3H3,(H2,23,24,25,26,27,32). The SMILES string of the molecule is CC(=O)Nc1cc(Nc2ccnc(C(C)(F)F)n2)c(-c2nnc(N3CCN(C)CC3)s2)cn1. The molecule has 33 heavy (non-hydrogen) atoms. The minimum absolute atomic E-state index is 0.173.